The fraction of sp³-hybridized carbons (Fsp3) is 1.00. The van der Waals surface area contributed by atoms with Gasteiger partial charge in [0.05, 0.1) is 16.2 Å². The van der Waals surface area contributed by atoms with Crippen LogP contribution >= 0.6 is 0 Å². The van der Waals surface area contributed by atoms with Crippen LogP contribution in [0.1, 0.15) is 123 Å². The molecule has 0 radical (unpaired) electrons. The van der Waals surface area contributed by atoms with Crippen molar-refractivity contribution in [2.45, 2.75) is 134 Å². The van der Waals surface area contributed by atoms with Gasteiger partial charge in [0, 0.05) is 5.25 Å². The normalized spacial score (nSPS) is 13.9. The van der Waals surface area contributed by atoms with Crippen molar-refractivity contribution in [2.24, 2.45) is 0 Å². The van der Waals surface area contributed by atoms with Crippen LogP contribution in [0.5, 0.6) is 0 Å². The van der Waals surface area contributed by atoms with E-state index in [9.17, 15) is 18.1 Å². The van der Waals surface area contributed by atoms with Gasteiger partial charge in [-0.3, -0.25) is 0 Å². The summed E-state index contributed by atoms with van der Waals surface area (Å²) in [6.07, 6.45) is 16.3. The molecular weight excluding hydrogens is 387 g/mol. The molecule has 4 nitrogen and oxygen atoms in total. The Morgan fingerprint density at radius 3 is 1.52 bits per heavy atom. The van der Waals surface area contributed by atoms with Gasteiger partial charge < -0.3 is 9.66 Å². The van der Waals surface area contributed by atoms with Crippen LogP contribution in [-0.2, 0) is 10.1 Å². The number of unbranched alkanes of at least 4 members (excludes halogenated alkanes) is 11. The molecule has 0 saturated carbocycles. The smallest absolute Gasteiger partial charge is 0.748 e. The van der Waals surface area contributed by atoms with Crippen molar-refractivity contribution in [1.82, 2.24) is 0 Å². The van der Waals surface area contributed by atoms with Gasteiger partial charge in [-0.2, -0.15) is 0 Å². The molecule has 0 bridgehead atoms. The number of rotatable bonds is 19. The number of hydrogen-bond donors (Lipinski definition) is 1. The Labute approximate surface area is 211 Å². The van der Waals surface area contributed by atoms with Crippen LogP contribution in [-0.4, -0.2) is 29.4 Å². The zero-order chi connectivity index (χ0) is 19.7. The Kier molecular flexibility index (Phi) is 23.6. The molecule has 0 saturated heterocycles. The molecule has 0 amide bonds. The second-order valence-corrected chi connectivity index (χ2v) is 9.46. The van der Waals surface area contributed by atoms with E-state index in [-0.39, 0.29) is 51.4 Å². The van der Waals surface area contributed by atoms with Crippen LogP contribution in [0.3, 0.4) is 0 Å². The molecule has 0 fully saturated rings. The predicted octanol–water partition coefficient (Wildman–Crippen LogP) is 2.94. The first kappa shape index (κ1) is 30.7. The van der Waals surface area contributed by atoms with Crippen LogP contribution in [0.2, 0.25) is 0 Å². The van der Waals surface area contributed by atoms with Gasteiger partial charge in [0.15, 0.2) is 0 Å². The van der Waals surface area contributed by atoms with E-state index in [1.54, 1.807) is 0 Å². The molecule has 1 N–H and O–H groups in total. The quantitative estimate of drug-likeness (QED) is 0.194. The fourth-order valence-electron chi connectivity index (χ4n) is 3.45. The largest absolute Gasteiger partial charge is 1.00 e. The molecule has 0 aromatic rings. The fourth-order valence-corrected chi connectivity index (χ4v) is 4.33. The predicted molar refractivity (Wildman–Crippen MR) is 109 cm³/mol. The van der Waals surface area contributed by atoms with Crippen LogP contribution in [0.15, 0.2) is 0 Å². The first-order valence-electron chi connectivity index (χ1n) is 11.0. The topological polar surface area (TPSA) is 77.4 Å². The van der Waals surface area contributed by atoms with E-state index < -0.39 is 21.5 Å². The summed E-state index contributed by atoms with van der Waals surface area (Å²) in [6, 6.07) is 0. The van der Waals surface area contributed by atoms with Crippen molar-refractivity contribution in [3.63, 3.8) is 0 Å². The molecule has 0 aliphatic heterocycles. The Hall–Kier alpha value is 1.51. The summed E-state index contributed by atoms with van der Waals surface area (Å²) in [4.78, 5) is 0. The molecule has 0 aromatic heterocycles. The van der Waals surface area contributed by atoms with Gasteiger partial charge in [0.25, 0.3) is 0 Å². The zero-order valence-corrected chi connectivity index (χ0v) is 22.2. The van der Waals surface area contributed by atoms with Crippen molar-refractivity contribution in [2.75, 3.05) is 0 Å². The van der Waals surface area contributed by atoms with E-state index >= 15 is 0 Å². The molecule has 0 aromatic carbocycles. The summed E-state index contributed by atoms with van der Waals surface area (Å²) >= 11 is 0. The molecule has 0 rings (SSSR count). The van der Waals surface area contributed by atoms with E-state index in [4.69, 9.17) is 0 Å². The molecule has 2 unspecified atom stereocenters. The van der Waals surface area contributed by atoms with Crippen molar-refractivity contribution in [1.29, 1.82) is 0 Å². The number of aliphatic hydroxyl groups excluding tert-OH is 1. The summed E-state index contributed by atoms with van der Waals surface area (Å²) in [6.45, 7) is 4.37. The third kappa shape index (κ3) is 20.6. The van der Waals surface area contributed by atoms with E-state index in [0.717, 1.165) is 32.1 Å². The molecule has 27 heavy (non-hydrogen) atoms. The van der Waals surface area contributed by atoms with Gasteiger partial charge in [0.2, 0.25) is 0 Å². The summed E-state index contributed by atoms with van der Waals surface area (Å²) in [5.74, 6) is 0. The Bertz CT molecular complexity index is 401. The van der Waals surface area contributed by atoms with Crippen LogP contribution in [0, 0.1) is 0 Å². The minimum Gasteiger partial charge on any atom is -0.748 e. The van der Waals surface area contributed by atoms with Gasteiger partial charge in [-0.1, -0.05) is 97.3 Å². The minimum atomic E-state index is -4.26. The third-order valence-corrected chi connectivity index (χ3v) is 6.54. The Morgan fingerprint density at radius 2 is 1.07 bits per heavy atom. The SMILES string of the molecule is CCCCCCCCCCC(CCC(O)CCCCCCC)S(=O)(=O)[O-].[K+]. The van der Waals surface area contributed by atoms with Crippen molar-refractivity contribution >= 4 is 10.1 Å². The maximum absolute atomic E-state index is 11.5. The Morgan fingerprint density at radius 1 is 0.667 bits per heavy atom. The molecule has 158 valence electrons. The van der Waals surface area contributed by atoms with Crippen LogP contribution in [0.4, 0.5) is 0 Å². The second kappa shape index (κ2) is 20.8. The van der Waals surface area contributed by atoms with Gasteiger partial charge in [0.1, 0.15) is 0 Å². The van der Waals surface area contributed by atoms with Crippen LogP contribution in [0.25, 0.3) is 0 Å². The summed E-state index contributed by atoms with van der Waals surface area (Å²) in [5, 5.41) is 9.21. The number of aliphatic hydroxyl groups is 1. The summed E-state index contributed by atoms with van der Waals surface area (Å²) < 4.78 is 34.4. The van der Waals surface area contributed by atoms with Crippen LogP contribution < -0.4 is 51.4 Å². The first-order valence-corrected chi connectivity index (χ1v) is 12.5. The molecule has 0 aliphatic rings. The van der Waals surface area contributed by atoms with E-state index in [1.165, 1.54) is 51.4 Å². The van der Waals surface area contributed by atoms with E-state index in [0.29, 0.717) is 25.7 Å². The van der Waals surface area contributed by atoms with Gasteiger partial charge >= 0.3 is 51.4 Å². The summed E-state index contributed by atoms with van der Waals surface area (Å²) in [7, 11) is -4.26. The van der Waals surface area contributed by atoms with Crippen molar-refractivity contribution < 1.29 is 69.5 Å². The molecular formula is C21H43KO4S. The summed E-state index contributed by atoms with van der Waals surface area (Å²) in [5.41, 5.74) is 0. The Balaban J connectivity index is 0. The van der Waals surface area contributed by atoms with Crippen molar-refractivity contribution in [3.8, 4) is 0 Å². The molecule has 2 atom stereocenters. The van der Waals surface area contributed by atoms with E-state index in [2.05, 4.69) is 13.8 Å². The average Bonchev–Trinajstić information content (AvgIpc) is 2.58. The van der Waals surface area contributed by atoms with Gasteiger partial charge in [-0.05, 0) is 25.7 Å². The molecule has 0 heterocycles. The van der Waals surface area contributed by atoms with Crippen molar-refractivity contribution in [3.05, 3.63) is 0 Å². The minimum absolute atomic E-state index is 0. The standard InChI is InChI=1S/C21H44O4S.K/c1-3-5-7-9-10-11-13-15-17-21(26(23,24)25)19-18-20(22)16-14-12-8-6-4-2;/h20-22H,3-19H2,1-2H3,(H,23,24,25);/q;+1/p-1. The number of hydrogen-bond acceptors (Lipinski definition) is 4. The van der Waals surface area contributed by atoms with E-state index in [1.807, 2.05) is 0 Å². The molecule has 0 aliphatic carbocycles. The molecule has 6 heteroatoms. The third-order valence-electron chi connectivity index (χ3n) is 5.25. The maximum Gasteiger partial charge on any atom is 1.00 e. The molecule has 0 spiro atoms. The second-order valence-electron chi connectivity index (χ2n) is 7.81. The van der Waals surface area contributed by atoms with Gasteiger partial charge in [-0.25, -0.2) is 8.42 Å². The average molecular weight is 431 g/mol. The maximum atomic E-state index is 11.5. The first-order chi connectivity index (χ1) is 12.4. The monoisotopic (exact) mass is 430 g/mol. The van der Waals surface area contributed by atoms with Gasteiger partial charge in [-0.15, -0.1) is 0 Å². The zero-order valence-electron chi connectivity index (χ0n) is 18.3.